The van der Waals surface area contributed by atoms with Gasteiger partial charge in [-0.15, -0.1) is 0 Å². The molecule has 0 aromatic rings. The molecule has 0 atom stereocenters. The summed E-state index contributed by atoms with van der Waals surface area (Å²) in [6.45, 7) is 3.16. The second-order valence-corrected chi connectivity index (χ2v) is 2.49. The summed E-state index contributed by atoms with van der Waals surface area (Å²) in [7, 11) is 0. The zero-order chi connectivity index (χ0) is 8.10. The molecule has 0 N–H and O–H groups in total. The molecule has 0 aromatic heterocycles. The highest BCUT2D eigenvalue weighted by Gasteiger charge is 2.10. The maximum Gasteiger partial charge on any atom is 0.177 e. The van der Waals surface area contributed by atoms with E-state index in [0.29, 0.717) is 18.8 Å². The lowest BCUT2D eigenvalue weighted by molar-refractivity contribution is -0.150. The molecule has 0 saturated carbocycles. The standard InChI is InChI=1S/C8H12O3/c1-7(6-9)5-8-10-3-2-4-11-8/h5-6,8H,2-4H2,1H3. The average Bonchev–Trinajstić information content (AvgIpc) is 2.06. The van der Waals surface area contributed by atoms with E-state index >= 15 is 0 Å². The predicted octanol–water partition coefficient (Wildman–Crippen LogP) is 0.895. The van der Waals surface area contributed by atoms with Crippen molar-refractivity contribution in [1.82, 2.24) is 0 Å². The largest absolute Gasteiger partial charge is 0.349 e. The molecule has 0 unspecified atom stereocenters. The topological polar surface area (TPSA) is 35.5 Å². The van der Waals surface area contributed by atoms with E-state index in [1.807, 2.05) is 0 Å². The van der Waals surface area contributed by atoms with Gasteiger partial charge in [0.05, 0.1) is 13.2 Å². The minimum Gasteiger partial charge on any atom is -0.349 e. The number of allylic oxidation sites excluding steroid dienone is 1. The van der Waals surface area contributed by atoms with E-state index in [0.717, 1.165) is 12.7 Å². The lowest BCUT2D eigenvalue weighted by Crippen LogP contribution is -2.23. The molecule has 1 saturated heterocycles. The highest BCUT2D eigenvalue weighted by atomic mass is 16.7. The van der Waals surface area contributed by atoms with Gasteiger partial charge in [0.1, 0.15) is 6.29 Å². The van der Waals surface area contributed by atoms with Crippen molar-refractivity contribution in [2.75, 3.05) is 13.2 Å². The minimum atomic E-state index is -0.311. The molecule has 1 heterocycles. The zero-order valence-corrected chi connectivity index (χ0v) is 6.58. The first kappa shape index (κ1) is 8.43. The summed E-state index contributed by atoms with van der Waals surface area (Å²) in [4.78, 5) is 10.2. The quantitative estimate of drug-likeness (QED) is 0.440. The summed E-state index contributed by atoms with van der Waals surface area (Å²) in [5.74, 6) is 0. The summed E-state index contributed by atoms with van der Waals surface area (Å²) in [6, 6.07) is 0. The first-order valence-electron chi connectivity index (χ1n) is 3.70. The molecule has 3 heteroatoms. The van der Waals surface area contributed by atoms with Crippen molar-refractivity contribution < 1.29 is 14.3 Å². The molecule has 1 aliphatic rings. The molecule has 0 aliphatic carbocycles. The molecule has 3 nitrogen and oxygen atoms in total. The maximum atomic E-state index is 10.2. The van der Waals surface area contributed by atoms with Gasteiger partial charge in [-0.3, -0.25) is 4.79 Å². The van der Waals surface area contributed by atoms with Gasteiger partial charge in [-0.25, -0.2) is 0 Å². The van der Waals surface area contributed by atoms with Crippen molar-refractivity contribution >= 4 is 6.29 Å². The highest BCUT2D eigenvalue weighted by molar-refractivity contribution is 5.72. The molecule has 1 fully saturated rings. The second kappa shape index (κ2) is 4.26. The molecule has 1 aliphatic heterocycles. The average molecular weight is 156 g/mol. The molecule has 1 rings (SSSR count). The molecule has 0 bridgehead atoms. The Morgan fingerprint density at radius 3 is 2.64 bits per heavy atom. The summed E-state index contributed by atoms with van der Waals surface area (Å²) in [6.07, 6.45) is 3.10. The molecular formula is C8H12O3. The Morgan fingerprint density at radius 2 is 2.09 bits per heavy atom. The number of carbonyl (C=O) groups is 1. The molecule has 0 amide bonds. The van der Waals surface area contributed by atoms with Crippen molar-refractivity contribution in [3.05, 3.63) is 11.6 Å². The maximum absolute atomic E-state index is 10.2. The Bertz CT molecular complexity index is 157. The van der Waals surface area contributed by atoms with Crippen LogP contribution in [0.4, 0.5) is 0 Å². The van der Waals surface area contributed by atoms with Gasteiger partial charge in [0.15, 0.2) is 6.29 Å². The Kier molecular flexibility index (Phi) is 3.26. The molecule has 0 aromatic carbocycles. The van der Waals surface area contributed by atoms with Gasteiger partial charge >= 0.3 is 0 Å². The Balaban J connectivity index is 2.40. The van der Waals surface area contributed by atoms with Crippen LogP contribution in [0.1, 0.15) is 13.3 Å². The Hall–Kier alpha value is -0.670. The molecule has 0 radical (unpaired) electrons. The number of aldehydes is 1. The Labute approximate surface area is 66.0 Å². The molecule has 62 valence electrons. The first-order valence-corrected chi connectivity index (χ1v) is 3.70. The van der Waals surface area contributed by atoms with Crippen LogP contribution in [0.5, 0.6) is 0 Å². The van der Waals surface area contributed by atoms with E-state index in [9.17, 15) is 4.79 Å². The smallest absolute Gasteiger partial charge is 0.177 e. The van der Waals surface area contributed by atoms with Crippen LogP contribution in [-0.2, 0) is 14.3 Å². The van der Waals surface area contributed by atoms with E-state index in [1.165, 1.54) is 0 Å². The van der Waals surface area contributed by atoms with Crippen LogP contribution >= 0.6 is 0 Å². The van der Waals surface area contributed by atoms with Gasteiger partial charge in [0.25, 0.3) is 0 Å². The molecular weight excluding hydrogens is 144 g/mol. The van der Waals surface area contributed by atoms with Crippen molar-refractivity contribution in [2.45, 2.75) is 19.6 Å². The minimum absolute atomic E-state index is 0.311. The lowest BCUT2D eigenvalue weighted by Gasteiger charge is -2.20. The first-order chi connectivity index (χ1) is 5.33. The van der Waals surface area contributed by atoms with Gasteiger partial charge in [0, 0.05) is 0 Å². The van der Waals surface area contributed by atoms with Crippen molar-refractivity contribution in [1.29, 1.82) is 0 Å². The normalized spacial score (nSPS) is 21.7. The summed E-state index contributed by atoms with van der Waals surface area (Å²) >= 11 is 0. The fraction of sp³-hybridized carbons (Fsp3) is 0.625. The van der Waals surface area contributed by atoms with E-state index in [1.54, 1.807) is 13.0 Å². The Morgan fingerprint density at radius 1 is 1.45 bits per heavy atom. The summed E-state index contributed by atoms with van der Waals surface area (Å²) in [5, 5.41) is 0. The van der Waals surface area contributed by atoms with Gasteiger partial charge in [-0.2, -0.15) is 0 Å². The zero-order valence-electron chi connectivity index (χ0n) is 6.58. The second-order valence-electron chi connectivity index (χ2n) is 2.49. The van der Waals surface area contributed by atoms with Crippen molar-refractivity contribution in [3.8, 4) is 0 Å². The van der Waals surface area contributed by atoms with Crippen molar-refractivity contribution in [2.24, 2.45) is 0 Å². The third-order valence-corrected chi connectivity index (χ3v) is 1.44. The lowest BCUT2D eigenvalue weighted by atomic mass is 10.3. The van der Waals surface area contributed by atoms with E-state index < -0.39 is 0 Å². The van der Waals surface area contributed by atoms with E-state index in [-0.39, 0.29) is 6.29 Å². The van der Waals surface area contributed by atoms with Gasteiger partial charge in [0.2, 0.25) is 0 Å². The number of ether oxygens (including phenoxy) is 2. The third kappa shape index (κ3) is 2.82. The van der Waals surface area contributed by atoms with Gasteiger partial charge < -0.3 is 9.47 Å². The number of carbonyl (C=O) groups excluding carboxylic acids is 1. The molecule has 0 spiro atoms. The fourth-order valence-corrected chi connectivity index (χ4v) is 0.856. The SMILES string of the molecule is CC(C=O)=CC1OCCCO1. The van der Waals surface area contributed by atoms with E-state index in [2.05, 4.69) is 0 Å². The van der Waals surface area contributed by atoms with E-state index in [4.69, 9.17) is 9.47 Å². The molecule has 11 heavy (non-hydrogen) atoms. The highest BCUT2D eigenvalue weighted by Crippen LogP contribution is 2.07. The number of hydrogen-bond acceptors (Lipinski definition) is 3. The summed E-state index contributed by atoms with van der Waals surface area (Å²) < 4.78 is 10.4. The summed E-state index contributed by atoms with van der Waals surface area (Å²) in [5.41, 5.74) is 0.650. The van der Waals surface area contributed by atoms with Gasteiger partial charge in [-0.1, -0.05) is 0 Å². The van der Waals surface area contributed by atoms with Crippen LogP contribution in [-0.4, -0.2) is 25.8 Å². The van der Waals surface area contributed by atoms with Crippen molar-refractivity contribution in [3.63, 3.8) is 0 Å². The third-order valence-electron chi connectivity index (χ3n) is 1.44. The van der Waals surface area contributed by atoms with Crippen LogP contribution in [0.25, 0.3) is 0 Å². The monoisotopic (exact) mass is 156 g/mol. The number of hydrogen-bond donors (Lipinski definition) is 0. The number of rotatable bonds is 2. The fourth-order valence-electron chi connectivity index (χ4n) is 0.856. The van der Waals surface area contributed by atoms with Crippen LogP contribution < -0.4 is 0 Å². The van der Waals surface area contributed by atoms with Gasteiger partial charge in [-0.05, 0) is 25.0 Å². The van der Waals surface area contributed by atoms with Crippen LogP contribution in [0.2, 0.25) is 0 Å². The predicted molar refractivity (Wildman–Crippen MR) is 40.1 cm³/mol. The van der Waals surface area contributed by atoms with Crippen LogP contribution in [0, 0.1) is 0 Å². The van der Waals surface area contributed by atoms with Crippen LogP contribution in [0.3, 0.4) is 0 Å². The van der Waals surface area contributed by atoms with Crippen LogP contribution in [0.15, 0.2) is 11.6 Å².